The van der Waals surface area contributed by atoms with Gasteiger partial charge in [0.2, 0.25) is 0 Å². The number of benzene rings is 1. The van der Waals surface area contributed by atoms with Gasteiger partial charge in [0.25, 0.3) is 0 Å². The van der Waals surface area contributed by atoms with Crippen molar-refractivity contribution in [3.05, 3.63) is 35.9 Å². The van der Waals surface area contributed by atoms with Gasteiger partial charge in [0, 0.05) is 18.0 Å². The monoisotopic (exact) mass is 288 g/mol. The van der Waals surface area contributed by atoms with Gasteiger partial charge in [-0.3, -0.25) is 4.79 Å². The van der Waals surface area contributed by atoms with Gasteiger partial charge < -0.3 is 9.80 Å². The summed E-state index contributed by atoms with van der Waals surface area (Å²) in [4.78, 5) is 16.9. The van der Waals surface area contributed by atoms with Crippen molar-refractivity contribution in [3.8, 4) is 0 Å². The molecule has 0 spiro atoms. The van der Waals surface area contributed by atoms with Gasteiger partial charge >= 0.3 is 0 Å². The highest BCUT2D eigenvalue weighted by atomic mass is 16.1. The van der Waals surface area contributed by atoms with Crippen molar-refractivity contribution in [3.63, 3.8) is 0 Å². The average molecular weight is 288 g/mol. The van der Waals surface area contributed by atoms with E-state index in [1.165, 1.54) is 25.9 Å². The molecule has 0 unspecified atom stereocenters. The number of piperidine rings is 1. The Morgan fingerprint density at radius 1 is 1.19 bits per heavy atom. The van der Waals surface area contributed by atoms with Crippen LogP contribution < -0.4 is 0 Å². The lowest BCUT2D eigenvalue weighted by Gasteiger charge is -2.35. The fourth-order valence-electron chi connectivity index (χ4n) is 3.03. The Hall–Kier alpha value is -1.19. The number of rotatable bonds is 7. The average Bonchev–Trinajstić information content (AvgIpc) is 2.52. The summed E-state index contributed by atoms with van der Waals surface area (Å²) in [6.45, 7) is 3.53. The first kappa shape index (κ1) is 16.2. The van der Waals surface area contributed by atoms with E-state index >= 15 is 0 Å². The Kier molecular flexibility index (Phi) is 6.40. The van der Waals surface area contributed by atoms with Gasteiger partial charge in [0.05, 0.1) is 0 Å². The summed E-state index contributed by atoms with van der Waals surface area (Å²) < 4.78 is 0. The van der Waals surface area contributed by atoms with E-state index in [-0.39, 0.29) is 5.78 Å². The van der Waals surface area contributed by atoms with E-state index in [4.69, 9.17) is 0 Å². The second-order valence-corrected chi connectivity index (χ2v) is 6.26. The van der Waals surface area contributed by atoms with Crippen LogP contribution in [-0.2, 0) is 0 Å². The minimum absolute atomic E-state index is 0.276. The van der Waals surface area contributed by atoms with Gasteiger partial charge in [-0.2, -0.15) is 0 Å². The van der Waals surface area contributed by atoms with Gasteiger partial charge in [-0.05, 0) is 59.4 Å². The maximum Gasteiger partial charge on any atom is 0.162 e. The van der Waals surface area contributed by atoms with Crippen molar-refractivity contribution in [1.82, 2.24) is 9.80 Å². The first-order chi connectivity index (χ1) is 10.2. The zero-order valence-corrected chi connectivity index (χ0v) is 13.4. The second kappa shape index (κ2) is 8.30. The number of carbonyl (C=O) groups is 1. The summed E-state index contributed by atoms with van der Waals surface area (Å²) in [6.07, 6.45) is 5.32. The summed E-state index contributed by atoms with van der Waals surface area (Å²) in [5.41, 5.74) is 0.848. The molecule has 116 valence electrons. The van der Waals surface area contributed by atoms with E-state index in [1.807, 2.05) is 30.3 Å². The van der Waals surface area contributed by atoms with Gasteiger partial charge in [-0.1, -0.05) is 30.3 Å². The normalized spacial score (nSPS) is 17.3. The summed E-state index contributed by atoms with van der Waals surface area (Å²) >= 11 is 0. The SMILES string of the molecule is CN1CCC(N(C)CCCCC(=O)c2ccccc2)CC1. The Morgan fingerprint density at radius 3 is 2.52 bits per heavy atom. The molecule has 0 radical (unpaired) electrons. The highest BCUT2D eigenvalue weighted by molar-refractivity contribution is 5.95. The molecule has 21 heavy (non-hydrogen) atoms. The Morgan fingerprint density at radius 2 is 1.86 bits per heavy atom. The van der Waals surface area contributed by atoms with Crippen molar-refractivity contribution in [1.29, 1.82) is 0 Å². The molecule has 3 nitrogen and oxygen atoms in total. The van der Waals surface area contributed by atoms with E-state index in [9.17, 15) is 4.79 Å². The maximum absolute atomic E-state index is 12.0. The van der Waals surface area contributed by atoms with Crippen LogP contribution >= 0.6 is 0 Å². The van der Waals surface area contributed by atoms with E-state index in [0.717, 1.165) is 31.0 Å². The third-order valence-corrected chi connectivity index (χ3v) is 4.57. The van der Waals surface area contributed by atoms with Gasteiger partial charge in [0.1, 0.15) is 0 Å². The molecule has 3 heteroatoms. The lowest BCUT2D eigenvalue weighted by Crippen LogP contribution is -2.42. The quantitative estimate of drug-likeness (QED) is 0.569. The molecule has 1 aliphatic heterocycles. The van der Waals surface area contributed by atoms with Crippen LogP contribution in [0.4, 0.5) is 0 Å². The van der Waals surface area contributed by atoms with Crippen molar-refractivity contribution in [2.24, 2.45) is 0 Å². The van der Waals surface area contributed by atoms with Crippen LogP contribution in [0.3, 0.4) is 0 Å². The van der Waals surface area contributed by atoms with Crippen LogP contribution in [0.2, 0.25) is 0 Å². The first-order valence-electron chi connectivity index (χ1n) is 8.14. The van der Waals surface area contributed by atoms with Gasteiger partial charge in [-0.15, -0.1) is 0 Å². The predicted molar refractivity (Wildman–Crippen MR) is 87.8 cm³/mol. The smallest absolute Gasteiger partial charge is 0.162 e. The topological polar surface area (TPSA) is 23.6 Å². The minimum Gasteiger partial charge on any atom is -0.306 e. The summed E-state index contributed by atoms with van der Waals surface area (Å²) in [5, 5.41) is 0. The number of ketones is 1. The predicted octanol–water partition coefficient (Wildman–Crippen LogP) is 3.07. The molecular formula is C18H28N2O. The minimum atomic E-state index is 0.276. The number of hydrogen-bond donors (Lipinski definition) is 0. The molecule has 0 saturated carbocycles. The molecule has 1 aliphatic rings. The van der Waals surface area contributed by atoms with E-state index < -0.39 is 0 Å². The van der Waals surface area contributed by atoms with E-state index in [2.05, 4.69) is 23.9 Å². The lowest BCUT2D eigenvalue weighted by atomic mass is 10.0. The maximum atomic E-state index is 12.0. The molecule has 0 N–H and O–H groups in total. The number of likely N-dealkylation sites (tertiary alicyclic amines) is 1. The Bertz CT molecular complexity index is 424. The third kappa shape index (κ3) is 5.25. The van der Waals surface area contributed by atoms with Crippen LogP contribution in [0.25, 0.3) is 0 Å². The van der Waals surface area contributed by atoms with Crippen LogP contribution in [-0.4, -0.2) is 55.4 Å². The molecule has 2 rings (SSSR count). The van der Waals surface area contributed by atoms with E-state index in [1.54, 1.807) is 0 Å². The van der Waals surface area contributed by atoms with Crippen LogP contribution in [0.5, 0.6) is 0 Å². The molecule has 1 fully saturated rings. The van der Waals surface area contributed by atoms with Crippen molar-refractivity contribution in [2.45, 2.75) is 38.1 Å². The summed E-state index contributed by atoms with van der Waals surface area (Å²) in [6, 6.07) is 10.4. The molecule has 0 aromatic heterocycles. The molecular weight excluding hydrogens is 260 g/mol. The molecule has 1 heterocycles. The van der Waals surface area contributed by atoms with Gasteiger partial charge in [0.15, 0.2) is 5.78 Å². The number of carbonyl (C=O) groups excluding carboxylic acids is 1. The molecule has 0 aliphatic carbocycles. The fraction of sp³-hybridized carbons (Fsp3) is 0.611. The Balaban J connectivity index is 1.62. The van der Waals surface area contributed by atoms with Crippen LogP contribution in [0.15, 0.2) is 30.3 Å². The highest BCUT2D eigenvalue weighted by Gasteiger charge is 2.19. The molecule has 0 amide bonds. The first-order valence-corrected chi connectivity index (χ1v) is 8.14. The number of unbranched alkanes of at least 4 members (excludes halogenated alkanes) is 1. The van der Waals surface area contributed by atoms with Gasteiger partial charge in [-0.25, -0.2) is 0 Å². The molecule has 1 aromatic rings. The summed E-state index contributed by atoms with van der Waals surface area (Å²) in [7, 11) is 4.43. The van der Waals surface area contributed by atoms with Crippen molar-refractivity contribution in [2.75, 3.05) is 33.7 Å². The van der Waals surface area contributed by atoms with E-state index in [0.29, 0.717) is 6.42 Å². The zero-order valence-electron chi connectivity index (χ0n) is 13.4. The number of Topliss-reactive ketones (excluding diaryl/α,β-unsaturated/α-hetero) is 1. The molecule has 0 bridgehead atoms. The third-order valence-electron chi connectivity index (χ3n) is 4.57. The standard InChI is InChI=1S/C18H28N2O/c1-19-14-11-17(12-15-19)20(2)13-7-6-10-18(21)16-8-4-3-5-9-16/h3-5,8-9,17H,6-7,10-15H2,1-2H3. The summed E-state index contributed by atoms with van der Waals surface area (Å²) in [5.74, 6) is 0.276. The number of nitrogens with zero attached hydrogens (tertiary/aromatic N) is 2. The largest absolute Gasteiger partial charge is 0.306 e. The fourth-order valence-corrected chi connectivity index (χ4v) is 3.03. The molecule has 1 saturated heterocycles. The van der Waals surface area contributed by atoms with Crippen molar-refractivity contribution >= 4 is 5.78 Å². The van der Waals surface area contributed by atoms with Crippen molar-refractivity contribution < 1.29 is 4.79 Å². The van der Waals surface area contributed by atoms with Crippen LogP contribution in [0.1, 0.15) is 42.5 Å². The second-order valence-electron chi connectivity index (χ2n) is 6.26. The highest BCUT2D eigenvalue weighted by Crippen LogP contribution is 2.15. The zero-order chi connectivity index (χ0) is 15.1. The lowest BCUT2D eigenvalue weighted by molar-refractivity contribution is 0.0975. The van der Waals surface area contributed by atoms with Crippen LogP contribution in [0, 0.1) is 0 Å². The molecule has 0 atom stereocenters. The molecule has 1 aromatic carbocycles. The number of hydrogen-bond acceptors (Lipinski definition) is 3. The Labute approximate surface area is 128 Å².